The maximum atomic E-state index is 12.5. The fourth-order valence-corrected chi connectivity index (χ4v) is 5.38. The molecule has 1 aromatic carbocycles. The zero-order valence-electron chi connectivity index (χ0n) is 10.8. The topological polar surface area (TPSA) is 97.5 Å². The van der Waals surface area contributed by atoms with E-state index in [0.717, 1.165) is 6.26 Å². The van der Waals surface area contributed by atoms with E-state index in [-0.39, 0.29) is 26.9 Å². The molecule has 9 heteroatoms. The summed E-state index contributed by atoms with van der Waals surface area (Å²) >= 11 is 3.14. The zero-order valence-corrected chi connectivity index (χ0v) is 14.0. The molecule has 0 amide bonds. The molecule has 20 heavy (non-hydrogen) atoms. The van der Waals surface area contributed by atoms with E-state index in [2.05, 4.69) is 15.9 Å². The van der Waals surface area contributed by atoms with Gasteiger partial charge in [-0.15, -0.1) is 0 Å². The van der Waals surface area contributed by atoms with Crippen LogP contribution >= 0.6 is 15.9 Å². The molecule has 1 fully saturated rings. The Kier molecular flexibility index (Phi) is 4.27. The van der Waals surface area contributed by atoms with Crippen molar-refractivity contribution in [1.82, 2.24) is 4.31 Å². The van der Waals surface area contributed by atoms with Crippen LogP contribution in [0.2, 0.25) is 0 Å². The van der Waals surface area contributed by atoms with Crippen molar-refractivity contribution in [2.45, 2.75) is 22.3 Å². The third-order valence-corrected chi connectivity index (χ3v) is 7.09. The Morgan fingerprint density at radius 1 is 1.30 bits per heavy atom. The molecule has 1 saturated heterocycles. The third kappa shape index (κ3) is 3.06. The van der Waals surface area contributed by atoms with Crippen molar-refractivity contribution >= 4 is 35.8 Å². The second kappa shape index (κ2) is 5.38. The lowest BCUT2D eigenvalue weighted by molar-refractivity contribution is 0.472. The number of hydrogen-bond donors (Lipinski definition) is 1. The van der Waals surface area contributed by atoms with Gasteiger partial charge in [0.1, 0.15) is 0 Å². The molecule has 1 aliphatic rings. The summed E-state index contributed by atoms with van der Waals surface area (Å²) in [7, 11) is -7.03. The van der Waals surface area contributed by atoms with E-state index in [0.29, 0.717) is 13.0 Å². The molecule has 1 aromatic rings. The number of rotatable bonds is 3. The molecule has 112 valence electrons. The molecule has 0 saturated carbocycles. The Morgan fingerprint density at radius 2 is 1.95 bits per heavy atom. The Balaban J connectivity index is 2.43. The molecule has 2 N–H and O–H groups in total. The lowest BCUT2D eigenvalue weighted by atomic mass is 10.3. The van der Waals surface area contributed by atoms with Crippen LogP contribution in [-0.2, 0) is 19.9 Å². The smallest absolute Gasteiger partial charge is 0.244 e. The highest BCUT2D eigenvalue weighted by atomic mass is 79.9. The van der Waals surface area contributed by atoms with Gasteiger partial charge in [-0.2, -0.15) is 4.31 Å². The minimum atomic E-state index is -3.65. The molecule has 0 radical (unpaired) electrons. The highest BCUT2D eigenvalue weighted by Crippen LogP contribution is 2.29. The highest BCUT2D eigenvalue weighted by Gasteiger charge is 2.32. The molecule has 0 aromatic heterocycles. The fraction of sp³-hybridized carbons (Fsp3) is 0.455. The number of sulfone groups is 1. The summed E-state index contributed by atoms with van der Waals surface area (Å²) in [6, 6.07) is 3.75. The monoisotopic (exact) mass is 382 g/mol. The molecule has 0 unspecified atom stereocenters. The first kappa shape index (κ1) is 15.9. The van der Waals surface area contributed by atoms with Crippen LogP contribution in [0.4, 0.5) is 0 Å². The average molecular weight is 383 g/mol. The maximum absolute atomic E-state index is 12.5. The number of nitrogens with zero attached hydrogens (tertiary/aromatic N) is 1. The van der Waals surface area contributed by atoms with Crippen molar-refractivity contribution in [3.05, 3.63) is 22.7 Å². The molecule has 0 aliphatic carbocycles. The molecule has 1 heterocycles. The van der Waals surface area contributed by atoms with Gasteiger partial charge in [-0.1, -0.05) is 0 Å². The highest BCUT2D eigenvalue weighted by molar-refractivity contribution is 9.10. The summed E-state index contributed by atoms with van der Waals surface area (Å²) in [6.45, 7) is 0.659. The van der Waals surface area contributed by atoms with Gasteiger partial charge in [0.15, 0.2) is 9.84 Å². The second-order valence-corrected chi connectivity index (χ2v) is 9.55. The molecule has 1 atom stereocenters. The SMILES string of the molecule is CS(=O)(=O)c1ccc(S(=O)(=O)N2CC[C@@H](N)C2)c(Br)c1. The largest absolute Gasteiger partial charge is 0.326 e. The van der Waals surface area contributed by atoms with Gasteiger partial charge in [0, 0.05) is 29.9 Å². The van der Waals surface area contributed by atoms with Crippen molar-refractivity contribution in [2.75, 3.05) is 19.3 Å². The first-order valence-corrected chi connectivity index (χ1v) is 10.00. The standard InChI is InChI=1S/C11H15BrN2O4S2/c1-19(15,16)9-2-3-11(10(12)6-9)20(17,18)14-5-4-8(13)7-14/h2-3,6,8H,4-5,7,13H2,1H3/t8-/m1/s1. The minimum absolute atomic E-state index is 0.0546. The predicted molar refractivity (Wildman–Crippen MR) is 78.6 cm³/mol. The van der Waals surface area contributed by atoms with Crippen molar-refractivity contribution in [1.29, 1.82) is 0 Å². The van der Waals surface area contributed by atoms with E-state index in [1.807, 2.05) is 0 Å². The fourth-order valence-electron chi connectivity index (χ4n) is 2.03. The summed E-state index contributed by atoms with van der Waals surface area (Å²) in [6.07, 6.45) is 1.70. The second-order valence-electron chi connectivity index (χ2n) is 4.78. The van der Waals surface area contributed by atoms with Gasteiger partial charge in [-0.05, 0) is 40.5 Å². The van der Waals surface area contributed by atoms with Crippen molar-refractivity contribution in [3.63, 3.8) is 0 Å². The number of hydrogen-bond acceptors (Lipinski definition) is 5. The molecule has 0 bridgehead atoms. The summed E-state index contributed by atoms with van der Waals surface area (Å²) in [5.74, 6) is 0. The van der Waals surface area contributed by atoms with E-state index < -0.39 is 19.9 Å². The Hall–Kier alpha value is -0.480. The van der Waals surface area contributed by atoms with E-state index in [1.165, 1.54) is 22.5 Å². The molecule has 6 nitrogen and oxygen atoms in total. The van der Waals surface area contributed by atoms with E-state index in [1.54, 1.807) is 0 Å². The van der Waals surface area contributed by atoms with Gasteiger partial charge in [0.2, 0.25) is 10.0 Å². The quantitative estimate of drug-likeness (QED) is 0.823. The molecule has 0 spiro atoms. The number of halogens is 1. The summed E-state index contributed by atoms with van der Waals surface area (Å²) in [5, 5.41) is 0. The van der Waals surface area contributed by atoms with Crippen molar-refractivity contribution in [3.8, 4) is 0 Å². The van der Waals surface area contributed by atoms with Gasteiger partial charge in [0.25, 0.3) is 0 Å². The lowest BCUT2D eigenvalue weighted by Gasteiger charge is -2.17. The van der Waals surface area contributed by atoms with E-state index in [9.17, 15) is 16.8 Å². The van der Waals surface area contributed by atoms with Crippen molar-refractivity contribution < 1.29 is 16.8 Å². The van der Waals surface area contributed by atoms with Gasteiger partial charge in [-0.25, -0.2) is 16.8 Å². The summed E-state index contributed by atoms with van der Waals surface area (Å²) < 4.78 is 49.4. The Labute approximate surface area is 127 Å². The van der Waals surface area contributed by atoms with Crippen LogP contribution in [0.15, 0.2) is 32.5 Å². The third-order valence-electron chi connectivity index (χ3n) is 3.14. The van der Waals surface area contributed by atoms with Gasteiger partial charge < -0.3 is 5.73 Å². The number of sulfonamides is 1. The maximum Gasteiger partial charge on any atom is 0.244 e. The van der Waals surface area contributed by atoms with E-state index in [4.69, 9.17) is 5.73 Å². The zero-order chi connectivity index (χ0) is 15.1. The Bertz CT molecular complexity index is 731. The van der Waals surface area contributed by atoms with Crippen LogP contribution in [-0.4, -0.2) is 46.5 Å². The average Bonchev–Trinajstić information content (AvgIpc) is 2.75. The van der Waals surface area contributed by atoms with Crippen LogP contribution in [0.1, 0.15) is 6.42 Å². The van der Waals surface area contributed by atoms with Crippen LogP contribution in [0, 0.1) is 0 Å². The number of nitrogens with two attached hydrogens (primary N) is 1. The van der Waals surface area contributed by atoms with E-state index >= 15 is 0 Å². The Morgan fingerprint density at radius 3 is 2.40 bits per heavy atom. The van der Waals surface area contributed by atoms with Gasteiger partial charge in [-0.3, -0.25) is 0 Å². The molecular formula is C11H15BrN2O4S2. The normalized spacial score (nSPS) is 21.2. The van der Waals surface area contributed by atoms with Crippen LogP contribution in [0.3, 0.4) is 0 Å². The molecule has 1 aliphatic heterocycles. The summed E-state index contributed by atoms with van der Waals surface area (Å²) in [5.41, 5.74) is 5.72. The predicted octanol–water partition coefficient (Wildman–Crippen LogP) is 0.574. The first-order chi connectivity index (χ1) is 9.12. The van der Waals surface area contributed by atoms with Crippen molar-refractivity contribution in [2.24, 2.45) is 5.73 Å². The summed E-state index contributed by atoms with van der Waals surface area (Å²) in [4.78, 5) is 0.125. The van der Waals surface area contributed by atoms with Gasteiger partial charge in [0.05, 0.1) is 9.79 Å². The van der Waals surface area contributed by atoms with Crippen LogP contribution < -0.4 is 5.73 Å². The first-order valence-electron chi connectivity index (χ1n) is 5.88. The lowest BCUT2D eigenvalue weighted by Crippen LogP contribution is -2.32. The van der Waals surface area contributed by atoms with Crippen LogP contribution in [0.5, 0.6) is 0 Å². The number of benzene rings is 1. The molecular weight excluding hydrogens is 368 g/mol. The minimum Gasteiger partial charge on any atom is -0.326 e. The molecule has 2 rings (SSSR count). The van der Waals surface area contributed by atoms with Gasteiger partial charge >= 0.3 is 0 Å². The van der Waals surface area contributed by atoms with Crippen LogP contribution in [0.25, 0.3) is 0 Å².